The van der Waals surface area contributed by atoms with E-state index < -0.39 is 11.9 Å². The number of benzene rings is 2. The van der Waals surface area contributed by atoms with Gasteiger partial charge in [0, 0.05) is 10.2 Å². The molecule has 0 radical (unpaired) electrons. The fraction of sp³-hybridized carbons (Fsp3) is 0.0714. The molecule has 0 heterocycles. The van der Waals surface area contributed by atoms with Crippen LogP contribution in [-0.2, 0) is 4.79 Å². The summed E-state index contributed by atoms with van der Waals surface area (Å²) in [6.45, 7) is 0. The molecular formula is C14H13BrN2O2. The number of nitrogens with one attached hydrogen (secondary N) is 1. The molecule has 1 atom stereocenters. The Labute approximate surface area is 119 Å². The van der Waals surface area contributed by atoms with Crippen LogP contribution in [0, 0.1) is 0 Å². The smallest absolute Gasteiger partial charge is 0.244 e. The van der Waals surface area contributed by atoms with Gasteiger partial charge in [0.25, 0.3) is 0 Å². The van der Waals surface area contributed by atoms with E-state index in [1.54, 1.807) is 18.2 Å². The van der Waals surface area contributed by atoms with Gasteiger partial charge in [0.1, 0.15) is 11.8 Å². The molecule has 5 heteroatoms. The first-order chi connectivity index (χ1) is 9.06. The molecule has 2 aromatic rings. The van der Waals surface area contributed by atoms with Crippen molar-refractivity contribution in [1.82, 2.24) is 0 Å². The van der Waals surface area contributed by atoms with Crippen molar-refractivity contribution in [2.24, 2.45) is 5.73 Å². The van der Waals surface area contributed by atoms with Gasteiger partial charge in [-0.2, -0.15) is 0 Å². The monoisotopic (exact) mass is 320 g/mol. The van der Waals surface area contributed by atoms with Crippen LogP contribution in [0.4, 0.5) is 5.69 Å². The summed E-state index contributed by atoms with van der Waals surface area (Å²) in [7, 11) is 0. The van der Waals surface area contributed by atoms with Crippen molar-refractivity contribution in [3.63, 3.8) is 0 Å². The van der Waals surface area contributed by atoms with E-state index in [1.165, 1.54) is 6.07 Å². The van der Waals surface area contributed by atoms with E-state index in [2.05, 4.69) is 21.2 Å². The van der Waals surface area contributed by atoms with Crippen molar-refractivity contribution in [2.75, 3.05) is 5.32 Å². The summed E-state index contributed by atoms with van der Waals surface area (Å²) in [4.78, 5) is 11.6. The zero-order chi connectivity index (χ0) is 13.8. The summed E-state index contributed by atoms with van der Waals surface area (Å²) in [5, 5.41) is 12.5. The Bertz CT molecular complexity index is 602. The Morgan fingerprint density at radius 1 is 1.21 bits per heavy atom. The summed E-state index contributed by atoms with van der Waals surface area (Å²) < 4.78 is 0.900. The molecule has 0 aliphatic heterocycles. The molecule has 4 nitrogen and oxygen atoms in total. The minimum atomic E-state index is -0.693. The molecule has 4 N–H and O–H groups in total. The van der Waals surface area contributed by atoms with E-state index >= 15 is 0 Å². The van der Waals surface area contributed by atoms with Gasteiger partial charge in [-0.25, -0.2) is 0 Å². The van der Waals surface area contributed by atoms with E-state index in [9.17, 15) is 9.90 Å². The molecule has 0 aliphatic carbocycles. The molecule has 0 fully saturated rings. The Balaban J connectivity index is 2.29. The second kappa shape index (κ2) is 5.75. The summed E-state index contributed by atoms with van der Waals surface area (Å²) in [5.74, 6) is -0.412. The minimum absolute atomic E-state index is 0.0970. The number of nitrogens with two attached hydrogens (primary N) is 1. The van der Waals surface area contributed by atoms with Crippen LogP contribution in [0.2, 0.25) is 0 Å². The first-order valence-electron chi connectivity index (χ1n) is 5.66. The fourth-order valence-corrected chi connectivity index (χ4v) is 2.17. The third-order valence-electron chi connectivity index (χ3n) is 2.62. The molecule has 1 amide bonds. The van der Waals surface area contributed by atoms with Gasteiger partial charge < -0.3 is 16.2 Å². The topological polar surface area (TPSA) is 75.4 Å². The van der Waals surface area contributed by atoms with Gasteiger partial charge >= 0.3 is 0 Å². The molecule has 19 heavy (non-hydrogen) atoms. The molecule has 1 unspecified atom stereocenters. The van der Waals surface area contributed by atoms with Crippen LogP contribution in [0.1, 0.15) is 11.6 Å². The van der Waals surface area contributed by atoms with Crippen molar-refractivity contribution in [1.29, 1.82) is 0 Å². The third kappa shape index (κ3) is 3.48. The van der Waals surface area contributed by atoms with E-state index in [1.807, 2.05) is 24.3 Å². The number of primary amides is 1. The van der Waals surface area contributed by atoms with Crippen molar-refractivity contribution < 1.29 is 9.90 Å². The van der Waals surface area contributed by atoms with E-state index in [-0.39, 0.29) is 5.75 Å². The van der Waals surface area contributed by atoms with Gasteiger partial charge in [0.15, 0.2) is 0 Å². The number of phenols is 1. The largest absolute Gasteiger partial charge is 0.508 e. The molecule has 0 bridgehead atoms. The van der Waals surface area contributed by atoms with Crippen LogP contribution in [0.15, 0.2) is 53.0 Å². The van der Waals surface area contributed by atoms with E-state index in [4.69, 9.17) is 5.73 Å². The number of hydrogen-bond acceptors (Lipinski definition) is 3. The second-order valence-corrected chi connectivity index (χ2v) is 5.00. The van der Waals surface area contributed by atoms with E-state index in [0.717, 1.165) is 10.2 Å². The van der Waals surface area contributed by atoms with Crippen LogP contribution >= 0.6 is 15.9 Å². The van der Waals surface area contributed by atoms with Crippen molar-refractivity contribution in [2.45, 2.75) is 6.04 Å². The lowest BCUT2D eigenvalue weighted by atomic mass is 10.1. The predicted octanol–water partition coefficient (Wildman–Crippen LogP) is 2.79. The number of amides is 1. The molecule has 2 aromatic carbocycles. The number of anilines is 1. The van der Waals surface area contributed by atoms with Crippen molar-refractivity contribution in [3.8, 4) is 5.75 Å². The van der Waals surface area contributed by atoms with Crippen LogP contribution in [0.25, 0.3) is 0 Å². The van der Waals surface area contributed by atoms with Crippen molar-refractivity contribution >= 4 is 27.5 Å². The fourth-order valence-electron chi connectivity index (χ4n) is 1.77. The maximum atomic E-state index is 11.6. The molecule has 0 aliphatic rings. The highest BCUT2D eigenvalue weighted by Crippen LogP contribution is 2.24. The van der Waals surface area contributed by atoms with Gasteiger partial charge in [0.2, 0.25) is 5.91 Å². The Morgan fingerprint density at radius 3 is 2.58 bits per heavy atom. The third-order valence-corrected chi connectivity index (χ3v) is 3.12. The number of aromatic hydroxyl groups is 1. The maximum Gasteiger partial charge on any atom is 0.244 e. The minimum Gasteiger partial charge on any atom is -0.508 e. The summed E-state index contributed by atoms with van der Waals surface area (Å²) in [6.07, 6.45) is 0. The lowest BCUT2D eigenvalue weighted by Gasteiger charge is -2.17. The molecule has 0 saturated heterocycles. The number of rotatable bonds is 4. The number of phenolic OH excluding ortho intramolecular Hbond substituents is 1. The zero-order valence-electron chi connectivity index (χ0n) is 10.0. The highest BCUT2D eigenvalue weighted by atomic mass is 79.9. The standard InChI is InChI=1S/C14H13BrN2O2/c15-10-4-2-5-11(8-10)17-13(14(16)19)9-3-1-6-12(18)7-9/h1-8,13,17-18H,(H2,16,19). The lowest BCUT2D eigenvalue weighted by molar-refractivity contribution is -0.118. The molecule has 0 saturated carbocycles. The second-order valence-electron chi connectivity index (χ2n) is 4.09. The lowest BCUT2D eigenvalue weighted by Crippen LogP contribution is -2.27. The van der Waals surface area contributed by atoms with Gasteiger partial charge in [0.05, 0.1) is 0 Å². The Morgan fingerprint density at radius 2 is 1.95 bits per heavy atom. The number of halogens is 1. The SMILES string of the molecule is NC(=O)C(Nc1cccc(Br)c1)c1cccc(O)c1. The first kappa shape index (κ1) is 13.4. The average Bonchev–Trinajstić information content (AvgIpc) is 2.35. The molecular weight excluding hydrogens is 308 g/mol. The van der Waals surface area contributed by atoms with Crippen LogP contribution < -0.4 is 11.1 Å². The van der Waals surface area contributed by atoms with E-state index in [0.29, 0.717) is 5.56 Å². The summed E-state index contributed by atoms with van der Waals surface area (Å²) in [6, 6.07) is 13.2. The van der Waals surface area contributed by atoms with Gasteiger partial charge in [-0.1, -0.05) is 34.1 Å². The number of carbonyl (C=O) groups excluding carboxylic acids is 1. The quantitative estimate of drug-likeness (QED) is 0.810. The van der Waals surface area contributed by atoms with Crippen LogP contribution in [0.3, 0.4) is 0 Å². The number of carbonyl (C=O) groups is 1. The normalized spacial score (nSPS) is 11.8. The highest BCUT2D eigenvalue weighted by Gasteiger charge is 2.17. The van der Waals surface area contributed by atoms with Gasteiger partial charge in [-0.05, 0) is 35.9 Å². The van der Waals surface area contributed by atoms with Gasteiger partial charge in [-0.3, -0.25) is 4.79 Å². The molecule has 2 rings (SSSR count). The summed E-state index contributed by atoms with van der Waals surface area (Å²) in [5.41, 5.74) is 6.79. The van der Waals surface area contributed by atoms with Gasteiger partial charge in [-0.15, -0.1) is 0 Å². The Hall–Kier alpha value is -2.01. The predicted molar refractivity (Wildman–Crippen MR) is 77.8 cm³/mol. The average molecular weight is 321 g/mol. The molecule has 0 spiro atoms. The summed E-state index contributed by atoms with van der Waals surface area (Å²) >= 11 is 3.36. The number of hydrogen-bond donors (Lipinski definition) is 3. The highest BCUT2D eigenvalue weighted by molar-refractivity contribution is 9.10. The van der Waals surface area contributed by atoms with Crippen molar-refractivity contribution in [3.05, 3.63) is 58.6 Å². The molecule has 0 aromatic heterocycles. The Kier molecular flexibility index (Phi) is 4.06. The first-order valence-corrected chi connectivity index (χ1v) is 6.46. The molecule has 98 valence electrons. The zero-order valence-corrected chi connectivity index (χ0v) is 11.6. The van der Waals surface area contributed by atoms with Crippen LogP contribution in [0.5, 0.6) is 5.75 Å². The maximum absolute atomic E-state index is 11.6. The van der Waals surface area contributed by atoms with Crippen LogP contribution in [-0.4, -0.2) is 11.0 Å².